The van der Waals surface area contributed by atoms with Crippen molar-refractivity contribution in [1.82, 2.24) is 0 Å². The van der Waals surface area contributed by atoms with Gasteiger partial charge in [-0.3, -0.25) is 18.3 Å². The Bertz CT molecular complexity index is 2200. The first-order valence-corrected chi connectivity index (χ1v) is 29.2. The van der Waals surface area contributed by atoms with Crippen LogP contribution in [0.5, 0.6) is 46.0 Å². The SMILES string of the molecule is CCOP(=O)(OCC)c1cc(OC)cc(OC)c1-c1c(OC)cc(OC)cc1P(=O)(OCC)OCC.CCOP(=O)(OCC)c1cc(OC)cc(OC)c1-c1c(OC)cc(OC)cc1P(=O)(OCC)OCC. The van der Waals surface area contributed by atoms with E-state index in [9.17, 15) is 18.3 Å². The van der Waals surface area contributed by atoms with Gasteiger partial charge in [-0.2, -0.15) is 0 Å². The van der Waals surface area contributed by atoms with E-state index in [0.717, 1.165) is 0 Å². The van der Waals surface area contributed by atoms with Crippen LogP contribution in [0.15, 0.2) is 48.5 Å². The Morgan fingerprint density at radius 1 is 0.264 bits per heavy atom. The molecule has 4 aromatic rings. The highest BCUT2D eigenvalue weighted by molar-refractivity contribution is 7.64. The first-order chi connectivity index (χ1) is 34.4. The standard InChI is InChI=1S/2C24H36O10P2/c2*1-9-31-35(25,32-10-2)21-15-17(27-5)13-19(29-7)23(21)24-20(30-8)14-18(28-6)16-22(24)36(26,33-11-3)34-12-4/h2*13-16H,9-12H2,1-8H3. The summed E-state index contributed by atoms with van der Waals surface area (Å²) in [6.45, 7) is 14.6. The van der Waals surface area contributed by atoms with Gasteiger partial charge in [0.2, 0.25) is 0 Å². The monoisotopic (exact) mass is 1090 g/mol. The van der Waals surface area contributed by atoms with Gasteiger partial charge in [0.15, 0.2) is 0 Å². The average Bonchev–Trinajstić information content (AvgIpc) is 3.37. The van der Waals surface area contributed by atoms with Gasteiger partial charge in [0.1, 0.15) is 46.0 Å². The molecule has 0 aromatic heterocycles. The van der Waals surface area contributed by atoms with Crippen molar-refractivity contribution in [1.29, 1.82) is 0 Å². The summed E-state index contributed by atoms with van der Waals surface area (Å²) in [4.78, 5) is 0. The molecule has 0 radical (unpaired) electrons. The van der Waals surface area contributed by atoms with Crippen LogP contribution >= 0.6 is 30.4 Å². The van der Waals surface area contributed by atoms with Gasteiger partial charge in [-0.25, -0.2) is 0 Å². The number of hydrogen-bond acceptors (Lipinski definition) is 20. The second-order valence-corrected chi connectivity index (χ2v) is 22.2. The summed E-state index contributed by atoms with van der Waals surface area (Å²) in [5.74, 6) is 2.46. The summed E-state index contributed by atoms with van der Waals surface area (Å²) in [6, 6.07) is 12.6. The summed E-state index contributed by atoms with van der Waals surface area (Å²) in [5, 5.41) is 0.580. The fraction of sp³-hybridized carbons (Fsp3) is 0.500. The topological polar surface area (TPSA) is 216 Å². The van der Waals surface area contributed by atoms with Crippen molar-refractivity contribution in [2.45, 2.75) is 55.4 Å². The van der Waals surface area contributed by atoms with Crippen molar-refractivity contribution in [3.8, 4) is 68.2 Å². The fourth-order valence-corrected chi connectivity index (χ4v) is 14.6. The molecular formula is C48H72O20P4. The van der Waals surface area contributed by atoms with Crippen LogP contribution in [0.1, 0.15) is 55.4 Å². The largest absolute Gasteiger partial charge is 0.497 e. The summed E-state index contributed by atoms with van der Waals surface area (Å²) >= 11 is 0. The quantitative estimate of drug-likeness (QED) is 0.0444. The highest BCUT2D eigenvalue weighted by atomic mass is 31.2. The van der Waals surface area contributed by atoms with Gasteiger partial charge in [-0.1, -0.05) is 0 Å². The van der Waals surface area contributed by atoms with Crippen LogP contribution in [-0.2, 0) is 54.5 Å². The molecule has 404 valence electrons. The Labute approximate surface area is 424 Å². The zero-order valence-corrected chi connectivity index (χ0v) is 47.8. The van der Waals surface area contributed by atoms with E-state index in [1.807, 2.05) is 0 Å². The minimum absolute atomic E-state index is 0.110. The lowest BCUT2D eigenvalue weighted by molar-refractivity contribution is 0.228. The molecular weight excluding hydrogens is 1020 g/mol. The second kappa shape index (κ2) is 29.1. The Morgan fingerprint density at radius 3 is 0.528 bits per heavy atom. The van der Waals surface area contributed by atoms with E-state index in [1.54, 1.807) is 104 Å². The van der Waals surface area contributed by atoms with Gasteiger partial charge in [0, 0.05) is 46.5 Å². The molecule has 0 saturated carbocycles. The van der Waals surface area contributed by atoms with Crippen molar-refractivity contribution < 1.29 is 92.3 Å². The second-order valence-electron chi connectivity index (χ2n) is 14.2. The van der Waals surface area contributed by atoms with Gasteiger partial charge in [0.05, 0.1) is 131 Å². The molecule has 0 amide bonds. The summed E-state index contributed by atoms with van der Waals surface area (Å²) in [7, 11) is -3.99. The Hall–Kier alpha value is -4.12. The molecule has 4 aromatic carbocycles. The van der Waals surface area contributed by atoms with E-state index in [4.69, 9.17) is 74.1 Å². The highest BCUT2D eigenvalue weighted by Crippen LogP contribution is 2.59. The van der Waals surface area contributed by atoms with E-state index in [1.165, 1.54) is 56.9 Å². The molecule has 0 bridgehead atoms. The van der Waals surface area contributed by atoms with Crippen molar-refractivity contribution >= 4 is 51.6 Å². The lowest BCUT2D eigenvalue weighted by atomic mass is 10.0. The molecule has 0 heterocycles. The maximum Gasteiger partial charge on any atom is 0.362 e. The lowest BCUT2D eigenvalue weighted by Crippen LogP contribution is -2.21. The minimum atomic E-state index is -3.93. The number of ether oxygens (including phenoxy) is 8. The molecule has 0 spiro atoms. The number of benzene rings is 4. The van der Waals surface area contributed by atoms with E-state index in [2.05, 4.69) is 0 Å². The predicted octanol–water partition coefficient (Wildman–Crippen LogP) is 10.3. The van der Waals surface area contributed by atoms with Crippen molar-refractivity contribution in [3.05, 3.63) is 48.5 Å². The van der Waals surface area contributed by atoms with Crippen LogP contribution < -0.4 is 59.1 Å². The van der Waals surface area contributed by atoms with Gasteiger partial charge in [-0.15, -0.1) is 0 Å². The highest BCUT2D eigenvalue weighted by Gasteiger charge is 2.42. The average molecular weight is 1090 g/mol. The third kappa shape index (κ3) is 14.2. The molecule has 0 N–H and O–H groups in total. The van der Waals surface area contributed by atoms with Crippen LogP contribution in [0.2, 0.25) is 0 Å². The molecule has 4 rings (SSSR count). The third-order valence-electron chi connectivity index (χ3n) is 10.1. The van der Waals surface area contributed by atoms with E-state index < -0.39 is 30.4 Å². The van der Waals surface area contributed by atoms with E-state index in [0.29, 0.717) is 23.0 Å². The predicted molar refractivity (Wildman–Crippen MR) is 278 cm³/mol. The van der Waals surface area contributed by atoms with E-state index in [-0.39, 0.29) is 119 Å². The molecule has 72 heavy (non-hydrogen) atoms. The summed E-state index contributed by atoms with van der Waals surface area (Å²) in [5.41, 5.74) is 1.10. The number of hydrogen-bond donors (Lipinski definition) is 0. The molecule has 20 nitrogen and oxygen atoms in total. The normalized spacial score (nSPS) is 11.9. The van der Waals surface area contributed by atoms with Crippen LogP contribution in [-0.4, -0.2) is 110 Å². The molecule has 0 saturated heterocycles. The van der Waals surface area contributed by atoms with E-state index >= 15 is 0 Å². The Balaban J connectivity index is 0.000000380. The van der Waals surface area contributed by atoms with Gasteiger partial charge in [0.25, 0.3) is 0 Å². The molecule has 0 aliphatic rings. The van der Waals surface area contributed by atoms with Crippen LogP contribution in [0.4, 0.5) is 0 Å². The maximum absolute atomic E-state index is 14.1. The van der Waals surface area contributed by atoms with Gasteiger partial charge in [-0.05, 0) is 79.7 Å². The number of rotatable bonds is 30. The molecule has 24 heteroatoms. The molecule has 0 aliphatic heterocycles. The van der Waals surface area contributed by atoms with Gasteiger partial charge >= 0.3 is 30.4 Å². The molecule has 0 atom stereocenters. The summed E-state index contributed by atoms with van der Waals surface area (Å²) in [6.07, 6.45) is 0. The fourth-order valence-electron chi connectivity index (χ4n) is 7.35. The van der Waals surface area contributed by atoms with Crippen molar-refractivity contribution in [2.24, 2.45) is 0 Å². The van der Waals surface area contributed by atoms with Crippen LogP contribution in [0.25, 0.3) is 22.3 Å². The number of methoxy groups -OCH3 is 8. The molecule has 0 fully saturated rings. The van der Waals surface area contributed by atoms with Crippen LogP contribution in [0, 0.1) is 0 Å². The Morgan fingerprint density at radius 2 is 0.417 bits per heavy atom. The zero-order chi connectivity index (χ0) is 53.9. The lowest BCUT2D eigenvalue weighted by Gasteiger charge is -2.27. The zero-order valence-electron chi connectivity index (χ0n) is 44.2. The first kappa shape index (κ1) is 62.2. The smallest absolute Gasteiger partial charge is 0.362 e. The van der Waals surface area contributed by atoms with Crippen molar-refractivity contribution in [2.75, 3.05) is 110 Å². The summed E-state index contributed by atoms with van der Waals surface area (Å²) < 4.78 is 147. The van der Waals surface area contributed by atoms with Gasteiger partial charge < -0.3 is 74.1 Å². The van der Waals surface area contributed by atoms with Crippen LogP contribution in [0.3, 0.4) is 0 Å². The Kier molecular flexibility index (Phi) is 25.1. The van der Waals surface area contributed by atoms with Crippen molar-refractivity contribution in [3.63, 3.8) is 0 Å². The maximum atomic E-state index is 14.1. The minimum Gasteiger partial charge on any atom is -0.497 e. The third-order valence-corrected chi connectivity index (χ3v) is 18.7. The first-order valence-electron chi connectivity index (χ1n) is 23.1. The molecule has 0 unspecified atom stereocenters. The molecule has 0 aliphatic carbocycles.